The van der Waals surface area contributed by atoms with Crippen LogP contribution in [0.3, 0.4) is 0 Å². The molecule has 6 heteroatoms. The van der Waals surface area contributed by atoms with Crippen molar-refractivity contribution in [2.24, 2.45) is 0 Å². The van der Waals surface area contributed by atoms with Crippen molar-refractivity contribution < 1.29 is 5.11 Å². The van der Waals surface area contributed by atoms with Gasteiger partial charge in [-0.25, -0.2) is 0 Å². The first kappa shape index (κ1) is 8.99. The van der Waals surface area contributed by atoms with Crippen LogP contribution in [0, 0.1) is 0 Å². The average molecular weight is 220 g/mol. The third-order valence-electron chi connectivity index (χ3n) is 1.90. The largest absolute Gasteiger partial charge is 0.389 e. The summed E-state index contributed by atoms with van der Waals surface area (Å²) in [4.78, 5) is 1.90. The predicted octanol–water partition coefficient (Wildman–Crippen LogP) is 0.964. The minimum absolute atomic E-state index is 0.275. The molecule has 0 saturated carbocycles. The molecule has 0 unspecified atom stereocenters. The maximum Gasteiger partial charge on any atom is 0.175 e. The number of aromatic nitrogens is 2. The van der Waals surface area contributed by atoms with Crippen molar-refractivity contribution in [1.29, 1.82) is 0 Å². The monoisotopic (exact) mass is 219 g/mol. The molecule has 0 bridgehead atoms. The van der Waals surface area contributed by atoms with Crippen molar-refractivity contribution in [3.8, 4) is 0 Å². The summed E-state index contributed by atoms with van der Waals surface area (Å²) < 4.78 is 0. The van der Waals surface area contributed by atoms with Crippen LogP contribution in [0.5, 0.6) is 0 Å². The maximum atomic E-state index is 9.09. The lowest BCUT2D eigenvalue weighted by Gasteiger charge is -2.37. The molecular weight excluding hydrogens is 213 g/mol. The zero-order valence-electron chi connectivity index (χ0n) is 6.61. The van der Waals surface area contributed by atoms with Crippen molar-refractivity contribution in [3.63, 3.8) is 0 Å². The van der Waals surface area contributed by atoms with Gasteiger partial charge in [-0.3, -0.25) is 0 Å². The van der Waals surface area contributed by atoms with Crippen LogP contribution in [-0.4, -0.2) is 34.5 Å². The highest BCUT2D eigenvalue weighted by Gasteiger charge is 2.26. The van der Waals surface area contributed by atoms with E-state index in [-0.39, 0.29) is 6.10 Å². The van der Waals surface area contributed by atoms with E-state index in [0.29, 0.717) is 23.4 Å². The molecule has 13 heavy (non-hydrogen) atoms. The summed E-state index contributed by atoms with van der Waals surface area (Å²) in [6.07, 6.45) is -0.275. The van der Waals surface area contributed by atoms with Crippen molar-refractivity contribution in [2.45, 2.75) is 6.10 Å². The molecule has 1 aromatic heterocycles. The molecule has 0 aliphatic carbocycles. The zero-order chi connectivity index (χ0) is 9.42. The van der Waals surface area contributed by atoms with Crippen LogP contribution in [-0.2, 0) is 0 Å². The van der Waals surface area contributed by atoms with Crippen LogP contribution < -0.4 is 4.90 Å². The topological polar surface area (TPSA) is 49.2 Å². The summed E-state index contributed by atoms with van der Waals surface area (Å²) in [5, 5.41) is 17.0. The van der Waals surface area contributed by atoms with Crippen molar-refractivity contribution in [2.75, 3.05) is 18.0 Å². The summed E-state index contributed by atoms with van der Waals surface area (Å²) in [6, 6.07) is 1.64. The highest BCUT2D eigenvalue weighted by atomic mass is 35.5. The van der Waals surface area contributed by atoms with Gasteiger partial charge in [0.15, 0.2) is 10.3 Å². The van der Waals surface area contributed by atoms with Gasteiger partial charge < -0.3 is 10.0 Å². The van der Waals surface area contributed by atoms with E-state index in [2.05, 4.69) is 10.2 Å². The highest BCUT2D eigenvalue weighted by molar-refractivity contribution is 6.33. The van der Waals surface area contributed by atoms with E-state index < -0.39 is 0 Å². The molecule has 0 amide bonds. The molecule has 1 aromatic rings. The molecule has 0 spiro atoms. The van der Waals surface area contributed by atoms with Gasteiger partial charge in [0, 0.05) is 19.2 Å². The normalized spacial score (nSPS) is 17.3. The Kier molecular flexibility index (Phi) is 2.27. The second kappa shape index (κ2) is 3.29. The Balaban J connectivity index is 2.24. The fraction of sp³-hybridized carbons (Fsp3) is 0.429. The third kappa shape index (κ3) is 1.70. The molecule has 0 radical (unpaired) electrons. The molecule has 4 nitrogen and oxygen atoms in total. The van der Waals surface area contributed by atoms with Crippen molar-refractivity contribution in [3.05, 3.63) is 16.4 Å². The van der Waals surface area contributed by atoms with E-state index in [9.17, 15) is 0 Å². The minimum Gasteiger partial charge on any atom is -0.389 e. The Morgan fingerprint density at radius 1 is 1.38 bits per heavy atom. The minimum atomic E-state index is -0.275. The molecule has 1 aliphatic rings. The molecule has 2 heterocycles. The van der Waals surface area contributed by atoms with E-state index in [1.54, 1.807) is 6.07 Å². The summed E-state index contributed by atoms with van der Waals surface area (Å²) in [6.45, 7) is 1.14. The fourth-order valence-electron chi connectivity index (χ4n) is 1.22. The van der Waals surface area contributed by atoms with Gasteiger partial charge in [0.05, 0.1) is 11.8 Å². The maximum absolute atomic E-state index is 9.09. The molecule has 1 fully saturated rings. The Morgan fingerprint density at radius 2 is 2.08 bits per heavy atom. The lowest BCUT2D eigenvalue weighted by molar-refractivity contribution is 0.142. The first-order valence-electron chi connectivity index (χ1n) is 3.78. The summed E-state index contributed by atoms with van der Waals surface area (Å²) in [5.41, 5.74) is 0.729. The van der Waals surface area contributed by atoms with Crippen LogP contribution in [0.4, 0.5) is 5.69 Å². The highest BCUT2D eigenvalue weighted by Crippen LogP contribution is 2.28. The van der Waals surface area contributed by atoms with Crippen LogP contribution in [0.15, 0.2) is 6.07 Å². The summed E-state index contributed by atoms with van der Waals surface area (Å²) >= 11 is 11.5. The number of hydrogen-bond donors (Lipinski definition) is 1. The van der Waals surface area contributed by atoms with E-state index in [4.69, 9.17) is 28.3 Å². The van der Waals surface area contributed by atoms with Crippen LogP contribution >= 0.6 is 23.2 Å². The molecule has 2 rings (SSSR count). The van der Waals surface area contributed by atoms with Crippen molar-refractivity contribution >= 4 is 28.9 Å². The Morgan fingerprint density at radius 3 is 2.69 bits per heavy atom. The van der Waals surface area contributed by atoms with Gasteiger partial charge in [-0.05, 0) is 0 Å². The van der Waals surface area contributed by atoms with Crippen LogP contribution in [0.1, 0.15) is 0 Å². The standard InChI is InChI=1S/C7H7Cl2N3O/c8-6-1-5(7(9)11-10-6)12-2-4(13)3-12/h1,4,13H,2-3H2. The number of rotatable bonds is 1. The van der Waals surface area contributed by atoms with E-state index in [0.717, 1.165) is 5.69 Å². The molecule has 0 aromatic carbocycles. The third-order valence-corrected chi connectivity index (χ3v) is 2.36. The molecule has 70 valence electrons. The van der Waals surface area contributed by atoms with Gasteiger partial charge in [0.2, 0.25) is 0 Å². The van der Waals surface area contributed by atoms with Gasteiger partial charge in [-0.15, -0.1) is 10.2 Å². The first-order chi connectivity index (χ1) is 6.16. The molecule has 1 aliphatic heterocycles. The molecular formula is C7H7Cl2N3O. The Hall–Kier alpha value is -0.580. The number of halogens is 2. The number of hydrogen-bond acceptors (Lipinski definition) is 4. The molecule has 1 saturated heterocycles. The second-order valence-electron chi connectivity index (χ2n) is 2.90. The number of anilines is 1. The van der Waals surface area contributed by atoms with E-state index in [1.807, 2.05) is 4.90 Å². The Bertz CT molecular complexity index is 328. The quantitative estimate of drug-likeness (QED) is 0.765. The molecule has 0 atom stereocenters. The lowest BCUT2D eigenvalue weighted by atomic mass is 10.1. The van der Waals surface area contributed by atoms with Crippen LogP contribution in [0.25, 0.3) is 0 Å². The fourth-order valence-corrected chi connectivity index (χ4v) is 1.57. The van der Waals surface area contributed by atoms with Gasteiger partial charge in [0.1, 0.15) is 0 Å². The van der Waals surface area contributed by atoms with Gasteiger partial charge in [-0.2, -0.15) is 0 Å². The SMILES string of the molecule is OC1CN(c2cc(Cl)nnc2Cl)C1. The van der Waals surface area contributed by atoms with Crippen molar-refractivity contribution in [1.82, 2.24) is 10.2 Å². The van der Waals surface area contributed by atoms with E-state index >= 15 is 0 Å². The summed E-state index contributed by atoms with van der Waals surface area (Å²) in [5.74, 6) is 0. The van der Waals surface area contributed by atoms with Gasteiger partial charge in [0.25, 0.3) is 0 Å². The zero-order valence-corrected chi connectivity index (χ0v) is 8.13. The number of aliphatic hydroxyl groups excluding tert-OH is 1. The first-order valence-corrected chi connectivity index (χ1v) is 4.54. The van der Waals surface area contributed by atoms with Gasteiger partial charge >= 0.3 is 0 Å². The smallest absolute Gasteiger partial charge is 0.175 e. The van der Waals surface area contributed by atoms with E-state index in [1.165, 1.54) is 0 Å². The number of nitrogens with zero attached hydrogens (tertiary/aromatic N) is 3. The number of β-amino-alcohol motifs (C(OH)–C–C–N with tert-alkyl or cyclic N) is 1. The molecule has 1 N–H and O–H groups in total. The predicted molar refractivity (Wildman–Crippen MR) is 50.3 cm³/mol. The van der Waals surface area contributed by atoms with Crippen LogP contribution in [0.2, 0.25) is 10.3 Å². The lowest BCUT2D eigenvalue weighted by Crippen LogP contribution is -2.51. The van der Waals surface area contributed by atoms with Gasteiger partial charge in [-0.1, -0.05) is 23.2 Å². The Labute approximate surface area is 85.1 Å². The number of aliphatic hydroxyl groups is 1. The summed E-state index contributed by atoms with van der Waals surface area (Å²) in [7, 11) is 0. The average Bonchev–Trinajstić information content (AvgIpc) is 2.04. The second-order valence-corrected chi connectivity index (χ2v) is 3.65.